The summed E-state index contributed by atoms with van der Waals surface area (Å²) in [4.78, 5) is 14.0. The zero-order valence-corrected chi connectivity index (χ0v) is 12.2. The smallest absolute Gasteiger partial charge is 0.223 e. The molecule has 1 spiro atoms. The van der Waals surface area contributed by atoms with Gasteiger partial charge in [0.15, 0.2) is 5.79 Å². The van der Waals surface area contributed by atoms with Gasteiger partial charge in [0.1, 0.15) is 0 Å². The lowest BCUT2D eigenvalue weighted by Gasteiger charge is -2.54. The summed E-state index contributed by atoms with van der Waals surface area (Å²) < 4.78 is 11.4. The molecule has 4 nitrogen and oxygen atoms in total. The molecule has 4 heteroatoms. The van der Waals surface area contributed by atoms with Gasteiger partial charge in [0.2, 0.25) is 5.91 Å². The van der Waals surface area contributed by atoms with Gasteiger partial charge in [-0.25, -0.2) is 0 Å². The maximum Gasteiger partial charge on any atom is 0.223 e. The number of hydrogen-bond donors (Lipinski definition) is 0. The van der Waals surface area contributed by atoms with Gasteiger partial charge < -0.3 is 14.4 Å². The highest BCUT2D eigenvalue weighted by Crippen LogP contribution is 2.38. The van der Waals surface area contributed by atoms with Crippen LogP contribution >= 0.6 is 0 Å². The standard InChI is InChI=1S/C14H25NO3/c1-12(2,3)6-11(16)15-7-14(8-15)9-17-13(4,5)18-10-14/h6-10H2,1-5H3. The Labute approximate surface area is 110 Å². The maximum atomic E-state index is 12.0. The van der Waals surface area contributed by atoms with Crippen LogP contribution in [-0.2, 0) is 14.3 Å². The lowest BCUT2D eigenvalue weighted by Crippen LogP contribution is -2.66. The van der Waals surface area contributed by atoms with Crippen LogP contribution in [0, 0.1) is 10.8 Å². The molecule has 0 N–H and O–H groups in total. The summed E-state index contributed by atoms with van der Waals surface area (Å²) in [7, 11) is 0. The van der Waals surface area contributed by atoms with Gasteiger partial charge in [-0.15, -0.1) is 0 Å². The highest BCUT2D eigenvalue weighted by Gasteiger charge is 2.50. The molecule has 0 saturated carbocycles. The van der Waals surface area contributed by atoms with E-state index in [1.165, 1.54) is 0 Å². The molecule has 0 aromatic carbocycles. The zero-order chi connectivity index (χ0) is 13.6. The number of hydrogen-bond acceptors (Lipinski definition) is 3. The number of likely N-dealkylation sites (tertiary alicyclic amines) is 1. The Morgan fingerprint density at radius 2 is 1.67 bits per heavy atom. The average Bonchev–Trinajstić information content (AvgIpc) is 2.12. The molecule has 0 aromatic heterocycles. The van der Waals surface area contributed by atoms with Crippen molar-refractivity contribution in [3.05, 3.63) is 0 Å². The summed E-state index contributed by atoms with van der Waals surface area (Å²) >= 11 is 0. The molecule has 2 heterocycles. The lowest BCUT2D eigenvalue weighted by atomic mass is 9.79. The van der Waals surface area contributed by atoms with Crippen molar-refractivity contribution < 1.29 is 14.3 Å². The fraction of sp³-hybridized carbons (Fsp3) is 0.929. The first-order chi connectivity index (χ1) is 8.11. The van der Waals surface area contributed by atoms with Gasteiger partial charge in [-0.05, 0) is 19.3 Å². The molecular formula is C14H25NO3. The number of carbonyl (C=O) groups excluding carboxylic acids is 1. The van der Waals surface area contributed by atoms with E-state index in [-0.39, 0.29) is 16.7 Å². The Bertz CT molecular complexity index is 325. The molecule has 2 aliphatic heterocycles. The van der Waals surface area contributed by atoms with E-state index in [4.69, 9.17) is 9.47 Å². The van der Waals surface area contributed by atoms with Gasteiger partial charge in [0.05, 0.1) is 18.6 Å². The van der Waals surface area contributed by atoms with Crippen molar-refractivity contribution >= 4 is 5.91 Å². The second-order valence-electron chi connectivity index (χ2n) is 7.46. The molecule has 2 fully saturated rings. The third kappa shape index (κ3) is 3.04. The summed E-state index contributed by atoms with van der Waals surface area (Å²) in [5.41, 5.74) is 0.102. The van der Waals surface area contributed by atoms with E-state index in [0.717, 1.165) is 13.1 Å². The Morgan fingerprint density at radius 3 is 2.11 bits per heavy atom. The van der Waals surface area contributed by atoms with Crippen LogP contribution in [0.4, 0.5) is 0 Å². The Morgan fingerprint density at radius 1 is 1.17 bits per heavy atom. The first kappa shape index (κ1) is 13.8. The largest absolute Gasteiger partial charge is 0.350 e. The minimum atomic E-state index is -0.471. The Balaban J connectivity index is 1.82. The van der Waals surface area contributed by atoms with Crippen LogP contribution in [0.15, 0.2) is 0 Å². The molecular weight excluding hydrogens is 230 g/mol. The Kier molecular flexibility index (Phi) is 3.23. The summed E-state index contributed by atoms with van der Waals surface area (Å²) in [5.74, 6) is -0.223. The lowest BCUT2D eigenvalue weighted by molar-refractivity contribution is -0.303. The van der Waals surface area contributed by atoms with Crippen LogP contribution in [0.3, 0.4) is 0 Å². The predicted molar refractivity (Wildman–Crippen MR) is 69.1 cm³/mol. The van der Waals surface area contributed by atoms with Crippen molar-refractivity contribution in [2.24, 2.45) is 10.8 Å². The van der Waals surface area contributed by atoms with E-state index in [0.29, 0.717) is 19.6 Å². The highest BCUT2D eigenvalue weighted by atomic mass is 16.7. The third-order valence-electron chi connectivity index (χ3n) is 3.54. The van der Waals surface area contributed by atoms with Crippen LogP contribution in [0.1, 0.15) is 41.0 Å². The normalized spacial score (nSPS) is 25.9. The van der Waals surface area contributed by atoms with E-state index in [2.05, 4.69) is 20.8 Å². The summed E-state index contributed by atoms with van der Waals surface area (Å²) in [6, 6.07) is 0. The van der Waals surface area contributed by atoms with Crippen LogP contribution in [0.2, 0.25) is 0 Å². The fourth-order valence-corrected chi connectivity index (χ4v) is 2.42. The third-order valence-corrected chi connectivity index (χ3v) is 3.54. The van der Waals surface area contributed by atoms with Crippen LogP contribution in [-0.4, -0.2) is 42.9 Å². The molecule has 18 heavy (non-hydrogen) atoms. The summed E-state index contributed by atoms with van der Waals surface area (Å²) in [6.07, 6.45) is 0.607. The molecule has 0 aromatic rings. The second kappa shape index (κ2) is 4.20. The van der Waals surface area contributed by atoms with E-state index in [1.54, 1.807) is 0 Å². The van der Waals surface area contributed by atoms with E-state index in [1.807, 2.05) is 18.7 Å². The molecule has 0 aliphatic carbocycles. The number of nitrogens with zero attached hydrogens (tertiary/aromatic N) is 1. The molecule has 1 amide bonds. The van der Waals surface area contributed by atoms with Gasteiger partial charge in [0, 0.05) is 19.5 Å². The van der Waals surface area contributed by atoms with Crippen molar-refractivity contribution in [1.82, 2.24) is 4.90 Å². The molecule has 2 rings (SSSR count). The van der Waals surface area contributed by atoms with Gasteiger partial charge in [0.25, 0.3) is 0 Å². The zero-order valence-electron chi connectivity index (χ0n) is 12.2. The number of ether oxygens (including phenoxy) is 2. The quantitative estimate of drug-likeness (QED) is 0.719. The molecule has 0 radical (unpaired) electrons. The van der Waals surface area contributed by atoms with Crippen molar-refractivity contribution in [3.8, 4) is 0 Å². The maximum absolute atomic E-state index is 12.0. The minimum Gasteiger partial charge on any atom is -0.350 e. The molecule has 0 bridgehead atoms. The van der Waals surface area contributed by atoms with Gasteiger partial charge in [-0.2, -0.15) is 0 Å². The summed E-state index contributed by atoms with van der Waals surface area (Å²) in [5, 5.41) is 0. The number of amides is 1. The highest BCUT2D eigenvalue weighted by molar-refractivity contribution is 5.77. The fourth-order valence-electron chi connectivity index (χ4n) is 2.42. The van der Waals surface area contributed by atoms with E-state index < -0.39 is 5.79 Å². The molecule has 2 aliphatic rings. The first-order valence-corrected chi connectivity index (χ1v) is 6.67. The summed E-state index contributed by atoms with van der Waals surface area (Å²) in [6.45, 7) is 13.1. The number of carbonyl (C=O) groups is 1. The minimum absolute atomic E-state index is 0.0447. The first-order valence-electron chi connectivity index (χ1n) is 6.67. The van der Waals surface area contributed by atoms with Crippen molar-refractivity contribution in [1.29, 1.82) is 0 Å². The molecule has 0 unspecified atom stereocenters. The van der Waals surface area contributed by atoms with E-state index in [9.17, 15) is 4.79 Å². The Hall–Kier alpha value is -0.610. The van der Waals surface area contributed by atoms with Crippen LogP contribution < -0.4 is 0 Å². The average molecular weight is 255 g/mol. The SMILES string of the molecule is CC(C)(C)CC(=O)N1CC2(COC(C)(C)OC2)C1. The van der Waals surface area contributed by atoms with Crippen molar-refractivity contribution in [2.45, 2.75) is 46.8 Å². The van der Waals surface area contributed by atoms with Gasteiger partial charge in [-0.1, -0.05) is 20.8 Å². The second-order valence-corrected chi connectivity index (χ2v) is 7.46. The molecule has 0 atom stereocenters. The molecule has 2 saturated heterocycles. The monoisotopic (exact) mass is 255 g/mol. The van der Waals surface area contributed by atoms with Crippen LogP contribution in [0.25, 0.3) is 0 Å². The topological polar surface area (TPSA) is 38.8 Å². The number of rotatable bonds is 1. The van der Waals surface area contributed by atoms with Crippen molar-refractivity contribution in [3.63, 3.8) is 0 Å². The van der Waals surface area contributed by atoms with Crippen molar-refractivity contribution in [2.75, 3.05) is 26.3 Å². The predicted octanol–water partition coefficient (Wildman–Crippen LogP) is 2.03. The van der Waals surface area contributed by atoms with E-state index >= 15 is 0 Å². The van der Waals surface area contributed by atoms with Gasteiger partial charge >= 0.3 is 0 Å². The van der Waals surface area contributed by atoms with Gasteiger partial charge in [-0.3, -0.25) is 4.79 Å². The molecule has 104 valence electrons. The van der Waals surface area contributed by atoms with Crippen LogP contribution in [0.5, 0.6) is 0 Å².